The molecule has 1 rings (SSSR count). The van der Waals surface area contributed by atoms with Crippen molar-refractivity contribution in [1.29, 1.82) is 0 Å². The number of sulfone groups is 1. The molecule has 0 spiro atoms. The minimum Gasteiger partial charge on any atom is -0.381 e. The van der Waals surface area contributed by atoms with Crippen molar-refractivity contribution in [3.8, 4) is 0 Å². The molecule has 0 bridgehead atoms. The van der Waals surface area contributed by atoms with E-state index in [4.69, 9.17) is 23.2 Å². The largest absolute Gasteiger partial charge is 0.381 e. The zero-order valence-electron chi connectivity index (χ0n) is 11.1. The number of hydrogen-bond acceptors (Lipinski definition) is 5. The number of rotatable bonds is 5. The number of benzene rings is 1. The molecule has 6 nitrogen and oxygen atoms in total. The van der Waals surface area contributed by atoms with E-state index in [0.29, 0.717) is 0 Å². The number of nitro benzene ring substituents is 1. The maximum Gasteiger partial charge on any atom is 0.272 e. The van der Waals surface area contributed by atoms with Gasteiger partial charge in [0.1, 0.15) is 0 Å². The molecule has 1 aromatic carbocycles. The Kier molecular flexibility index (Phi) is 4.89. The number of halogens is 2. The molecule has 0 fully saturated rings. The van der Waals surface area contributed by atoms with Gasteiger partial charge in [-0.15, -0.1) is 0 Å². The van der Waals surface area contributed by atoms with Gasteiger partial charge in [0.25, 0.3) is 5.69 Å². The summed E-state index contributed by atoms with van der Waals surface area (Å²) in [5, 5.41) is 13.6. The van der Waals surface area contributed by atoms with E-state index in [-0.39, 0.29) is 28.0 Å². The Morgan fingerprint density at radius 3 is 2.10 bits per heavy atom. The average molecular weight is 341 g/mol. The Bertz CT molecular complexity index is 621. The van der Waals surface area contributed by atoms with Gasteiger partial charge in [-0.25, -0.2) is 8.42 Å². The molecule has 9 heteroatoms. The Morgan fingerprint density at radius 2 is 1.75 bits per heavy atom. The Hall–Kier alpha value is -1.05. The summed E-state index contributed by atoms with van der Waals surface area (Å²) < 4.78 is 22.2. The van der Waals surface area contributed by atoms with Gasteiger partial charge in [-0.2, -0.15) is 0 Å². The minimum atomic E-state index is -3.28. The second kappa shape index (κ2) is 5.75. The van der Waals surface area contributed by atoms with Crippen LogP contribution in [0.5, 0.6) is 0 Å². The molecule has 0 aliphatic carbocycles. The van der Waals surface area contributed by atoms with Crippen molar-refractivity contribution >= 4 is 44.4 Å². The topological polar surface area (TPSA) is 89.3 Å². The van der Waals surface area contributed by atoms with E-state index in [1.165, 1.54) is 0 Å². The van der Waals surface area contributed by atoms with Crippen molar-refractivity contribution in [1.82, 2.24) is 0 Å². The lowest BCUT2D eigenvalue weighted by Crippen LogP contribution is -2.38. The van der Waals surface area contributed by atoms with Gasteiger partial charge in [0.2, 0.25) is 0 Å². The van der Waals surface area contributed by atoms with Gasteiger partial charge in [0.05, 0.1) is 25.4 Å². The summed E-state index contributed by atoms with van der Waals surface area (Å²) in [6.45, 7) is 3.19. The minimum absolute atomic E-state index is 0.0634. The number of hydrogen-bond donors (Lipinski definition) is 1. The first-order chi connectivity index (χ1) is 8.95. The van der Waals surface area contributed by atoms with Crippen molar-refractivity contribution in [2.75, 3.05) is 18.1 Å². The smallest absolute Gasteiger partial charge is 0.272 e. The highest BCUT2D eigenvalue weighted by atomic mass is 35.5. The van der Waals surface area contributed by atoms with Crippen LogP contribution in [0.2, 0.25) is 10.0 Å². The lowest BCUT2D eigenvalue weighted by molar-refractivity contribution is -0.384. The number of nitrogens with zero attached hydrogens (tertiary/aromatic N) is 1. The molecule has 0 aliphatic rings. The summed E-state index contributed by atoms with van der Waals surface area (Å²) in [5.74, 6) is 0. The van der Waals surface area contributed by atoms with Gasteiger partial charge < -0.3 is 5.32 Å². The fourth-order valence-corrected chi connectivity index (χ4v) is 2.21. The molecule has 0 heterocycles. The van der Waals surface area contributed by atoms with E-state index in [0.717, 1.165) is 18.4 Å². The van der Waals surface area contributed by atoms with E-state index < -0.39 is 19.5 Å². The van der Waals surface area contributed by atoms with Gasteiger partial charge >= 0.3 is 0 Å². The fraction of sp³-hybridized carbons (Fsp3) is 0.455. The highest BCUT2D eigenvalue weighted by Crippen LogP contribution is 2.35. The molecule has 20 heavy (non-hydrogen) atoms. The first-order valence-corrected chi connectivity index (χ1v) is 8.17. The molecule has 0 saturated heterocycles. The number of anilines is 1. The van der Waals surface area contributed by atoms with Crippen LogP contribution in [0.4, 0.5) is 11.4 Å². The van der Waals surface area contributed by atoms with Crippen LogP contribution in [0.25, 0.3) is 0 Å². The summed E-state index contributed by atoms with van der Waals surface area (Å²) in [7, 11) is -3.28. The van der Waals surface area contributed by atoms with E-state index in [2.05, 4.69) is 5.32 Å². The molecule has 1 aromatic rings. The monoisotopic (exact) mass is 340 g/mol. The van der Waals surface area contributed by atoms with Crippen LogP contribution >= 0.6 is 23.2 Å². The Balaban J connectivity index is 3.04. The van der Waals surface area contributed by atoms with Crippen molar-refractivity contribution < 1.29 is 13.3 Å². The normalized spacial score (nSPS) is 12.2. The van der Waals surface area contributed by atoms with Crippen LogP contribution in [0.3, 0.4) is 0 Å². The lowest BCUT2D eigenvalue weighted by atomic mass is 10.2. The Labute approximate surface area is 127 Å². The molecular formula is C11H14Cl2N2O4S. The van der Waals surface area contributed by atoms with Crippen molar-refractivity contribution in [2.24, 2.45) is 0 Å². The second-order valence-corrected chi connectivity index (χ2v) is 8.39. The summed E-state index contributed by atoms with van der Waals surface area (Å²) >= 11 is 11.8. The average Bonchev–Trinajstić information content (AvgIpc) is 2.25. The number of nitro groups is 1. The second-order valence-electron chi connectivity index (χ2n) is 4.93. The zero-order chi connectivity index (χ0) is 15.7. The van der Waals surface area contributed by atoms with Crippen LogP contribution in [0.1, 0.15) is 13.8 Å². The predicted octanol–water partition coefficient (Wildman–Crippen LogP) is 3.14. The van der Waals surface area contributed by atoms with Crippen molar-refractivity contribution in [2.45, 2.75) is 18.6 Å². The maximum absolute atomic E-state index is 11.6. The molecule has 0 amide bonds. The highest BCUT2D eigenvalue weighted by molar-refractivity contribution is 7.92. The van der Waals surface area contributed by atoms with Crippen molar-refractivity contribution in [3.05, 3.63) is 32.3 Å². The standard InChI is InChI=1S/C11H14Cl2N2O4S/c1-11(2,20(3,18)19)6-14-10-8(12)4-7(15(16)17)5-9(10)13/h4-5,14H,6H2,1-3H3. The summed E-state index contributed by atoms with van der Waals surface area (Å²) in [5.41, 5.74) is 0.0450. The summed E-state index contributed by atoms with van der Waals surface area (Å²) in [4.78, 5) is 10.0. The SMILES string of the molecule is CC(C)(CNc1c(Cl)cc([N+](=O)[O-])cc1Cl)S(C)(=O)=O. The third kappa shape index (κ3) is 3.74. The maximum atomic E-state index is 11.6. The first-order valence-electron chi connectivity index (χ1n) is 5.52. The molecule has 0 unspecified atom stereocenters. The lowest BCUT2D eigenvalue weighted by Gasteiger charge is -2.24. The summed E-state index contributed by atoms with van der Waals surface area (Å²) in [6, 6.07) is 2.31. The van der Waals surface area contributed by atoms with Crippen molar-refractivity contribution in [3.63, 3.8) is 0 Å². The highest BCUT2D eigenvalue weighted by Gasteiger charge is 2.30. The fourth-order valence-electron chi connectivity index (χ4n) is 1.27. The first kappa shape index (κ1) is 17.0. The molecule has 1 N–H and O–H groups in total. The van der Waals surface area contributed by atoms with Gasteiger partial charge in [0.15, 0.2) is 9.84 Å². The van der Waals surface area contributed by atoms with Crippen LogP contribution in [0.15, 0.2) is 12.1 Å². The predicted molar refractivity (Wildman–Crippen MR) is 80.5 cm³/mol. The third-order valence-electron chi connectivity index (χ3n) is 2.93. The molecule has 0 atom stereocenters. The van der Waals surface area contributed by atoms with E-state index >= 15 is 0 Å². The molecule has 0 saturated carbocycles. The van der Waals surface area contributed by atoms with E-state index in [9.17, 15) is 18.5 Å². The zero-order valence-corrected chi connectivity index (χ0v) is 13.4. The van der Waals surface area contributed by atoms with Crippen LogP contribution in [0, 0.1) is 10.1 Å². The molecule has 0 aromatic heterocycles. The molecule has 112 valence electrons. The van der Waals surface area contributed by atoms with E-state index in [1.807, 2.05) is 0 Å². The van der Waals surface area contributed by atoms with Crippen LogP contribution < -0.4 is 5.32 Å². The number of non-ortho nitro benzene ring substituents is 1. The molecule has 0 radical (unpaired) electrons. The van der Waals surface area contributed by atoms with Gasteiger partial charge in [-0.3, -0.25) is 10.1 Å². The molecular weight excluding hydrogens is 327 g/mol. The summed E-state index contributed by atoms with van der Waals surface area (Å²) in [6.07, 6.45) is 1.13. The third-order valence-corrected chi connectivity index (χ3v) is 5.68. The Morgan fingerprint density at radius 1 is 1.30 bits per heavy atom. The van der Waals surface area contributed by atoms with Crippen LogP contribution in [-0.2, 0) is 9.84 Å². The van der Waals surface area contributed by atoms with Crippen LogP contribution in [-0.4, -0.2) is 30.9 Å². The van der Waals surface area contributed by atoms with E-state index in [1.54, 1.807) is 13.8 Å². The molecule has 0 aliphatic heterocycles. The van der Waals surface area contributed by atoms with Gasteiger partial charge in [-0.1, -0.05) is 23.2 Å². The van der Waals surface area contributed by atoms with Gasteiger partial charge in [-0.05, 0) is 13.8 Å². The quantitative estimate of drug-likeness (QED) is 0.656. The number of nitrogens with one attached hydrogen (secondary N) is 1. The van der Waals surface area contributed by atoms with Gasteiger partial charge in [0, 0.05) is 24.9 Å².